The lowest BCUT2D eigenvalue weighted by atomic mass is 10.4. The lowest BCUT2D eigenvalue weighted by Gasteiger charge is -1.87. The highest BCUT2D eigenvalue weighted by Gasteiger charge is 1.87. The summed E-state index contributed by atoms with van der Waals surface area (Å²) in [4.78, 5) is 10.9. The SMILES string of the molecule is CC(=O)C=Cn1ccsc1=N. The van der Waals surface area contributed by atoms with E-state index >= 15 is 0 Å². The van der Waals surface area contributed by atoms with Crippen LogP contribution < -0.4 is 4.80 Å². The summed E-state index contributed by atoms with van der Waals surface area (Å²) in [7, 11) is 0. The van der Waals surface area contributed by atoms with Crippen molar-refractivity contribution in [2.75, 3.05) is 0 Å². The van der Waals surface area contributed by atoms with Crippen LogP contribution in [0.1, 0.15) is 6.92 Å². The van der Waals surface area contributed by atoms with Crippen LogP contribution in [0.25, 0.3) is 6.20 Å². The summed E-state index contributed by atoms with van der Waals surface area (Å²) >= 11 is 1.32. The number of hydrogen-bond acceptors (Lipinski definition) is 3. The van der Waals surface area contributed by atoms with Gasteiger partial charge in [-0.15, -0.1) is 11.3 Å². The molecule has 0 radical (unpaired) electrons. The molecule has 1 aromatic heterocycles. The zero-order valence-electron chi connectivity index (χ0n) is 6.07. The summed E-state index contributed by atoms with van der Waals surface area (Å²) in [6, 6.07) is 0. The Bertz CT molecular complexity index is 334. The molecule has 0 aliphatic heterocycles. The highest BCUT2D eigenvalue weighted by atomic mass is 32.1. The molecule has 0 spiro atoms. The van der Waals surface area contributed by atoms with Gasteiger partial charge in [-0.05, 0) is 13.0 Å². The van der Waals surface area contributed by atoms with E-state index in [1.165, 1.54) is 24.3 Å². The lowest BCUT2D eigenvalue weighted by molar-refractivity contribution is -0.112. The number of thiazole rings is 1. The molecule has 0 atom stereocenters. The molecule has 1 aromatic rings. The largest absolute Gasteiger partial charge is 0.300 e. The molecule has 0 saturated heterocycles. The van der Waals surface area contributed by atoms with Crippen LogP contribution in [0.3, 0.4) is 0 Å². The molecular formula is C7H8N2OS. The zero-order chi connectivity index (χ0) is 8.27. The summed E-state index contributed by atoms with van der Waals surface area (Å²) in [5.41, 5.74) is 0. The second-order valence-corrected chi connectivity index (χ2v) is 2.94. The number of rotatable bonds is 2. The molecule has 1 rings (SSSR count). The minimum Gasteiger partial charge on any atom is -0.300 e. The number of aromatic nitrogens is 1. The lowest BCUT2D eigenvalue weighted by Crippen LogP contribution is -2.05. The van der Waals surface area contributed by atoms with E-state index in [0.717, 1.165) is 0 Å². The Morgan fingerprint density at radius 3 is 3.00 bits per heavy atom. The van der Waals surface area contributed by atoms with Crippen LogP contribution in [0.4, 0.5) is 0 Å². The minimum atomic E-state index is -0.0110. The molecule has 0 aromatic carbocycles. The molecule has 0 unspecified atom stereocenters. The van der Waals surface area contributed by atoms with Crippen LogP contribution in [0.2, 0.25) is 0 Å². The second kappa shape index (κ2) is 3.30. The van der Waals surface area contributed by atoms with Crippen molar-refractivity contribution in [2.45, 2.75) is 6.92 Å². The maximum absolute atomic E-state index is 10.5. The fraction of sp³-hybridized carbons (Fsp3) is 0.143. The van der Waals surface area contributed by atoms with Gasteiger partial charge in [-0.2, -0.15) is 0 Å². The normalized spacial score (nSPS) is 10.6. The van der Waals surface area contributed by atoms with Crippen molar-refractivity contribution in [3.8, 4) is 0 Å². The van der Waals surface area contributed by atoms with Gasteiger partial charge in [-0.25, -0.2) is 0 Å². The van der Waals surface area contributed by atoms with Crippen LogP contribution in [0, 0.1) is 5.41 Å². The van der Waals surface area contributed by atoms with Crippen molar-refractivity contribution in [2.24, 2.45) is 0 Å². The van der Waals surface area contributed by atoms with Crippen molar-refractivity contribution >= 4 is 23.3 Å². The third-order valence-corrected chi connectivity index (χ3v) is 1.80. The average Bonchev–Trinajstić information content (AvgIpc) is 2.31. The van der Waals surface area contributed by atoms with Gasteiger partial charge in [0.15, 0.2) is 10.6 Å². The highest BCUT2D eigenvalue weighted by Crippen LogP contribution is 1.89. The van der Waals surface area contributed by atoms with Crippen LogP contribution in [-0.2, 0) is 4.79 Å². The third-order valence-electron chi connectivity index (χ3n) is 1.11. The zero-order valence-corrected chi connectivity index (χ0v) is 6.89. The Morgan fingerprint density at radius 2 is 2.55 bits per heavy atom. The third kappa shape index (κ3) is 2.16. The van der Waals surface area contributed by atoms with Crippen molar-refractivity contribution in [3.63, 3.8) is 0 Å². The Kier molecular flexibility index (Phi) is 2.38. The Hall–Kier alpha value is -1.16. The first kappa shape index (κ1) is 7.94. The Labute approximate surface area is 68.1 Å². The molecule has 11 heavy (non-hydrogen) atoms. The molecule has 0 saturated carbocycles. The van der Waals surface area contributed by atoms with Gasteiger partial charge in [0.05, 0.1) is 0 Å². The van der Waals surface area contributed by atoms with E-state index in [4.69, 9.17) is 5.41 Å². The topological polar surface area (TPSA) is 45.9 Å². The molecule has 0 amide bonds. The van der Waals surface area contributed by atoms with Gasteiger partial charge in [0, 0.05) is 17.8 Å². The molecule has 4 heteroatoms. The number of nitrogens with zero attached hydrogens (tertiary/aromatic N) is 1. The number of carbonyl (C=O) groups excluding carboxylic acids is 1. The monoisotopic (exact) mass is 168 g/mol. The molecule has 0 aliphatic rings. The van der Waals surface area contributed by atoms with Crippen LogP contribution in [0.5, 0.6) is 0 Å². The quantitative estimate of drug-likeness (QED) is 0.660. The summed E-state index contributed by atoms with van der Waals surface area (Å²) in [5, 5.41) is 9.11. The van der Waals surface area contributed by atoms with Gasteiger partial charge in [-0.3, -0.25) is 14.8 Å². The summed E-state index contributed by atoms with van der Waals surface area (Å²) in [6.45, 7) is 1.48. The van der Waals surface area contributed by atoms with Gasteiger partial charge in [0.1, 0.15) is 0 Å². The van der Waals surface area contributed by atoms with E-state index < -0.39 is 0 Å². The smallest absolute Gasteiger partial charge is 0.185 e. The van der Waals surface area contributed by atoms with Crippen molar-refractivity contribution in [1.82, 2.24) is 4.57 Å². The van der Waals surface area contributed by atoms with E-state index in [1.807, 2.05) is 0 Å². The molecule has 58 valence electrons. The van der Waals surface area contributed by atoms with E-state index in [1.54, 1.807) is 22.3 Å². The van der Waals surface area contributed by atoms with Crippen molar-refractivity contribution < 1.29 is 4.79 Å². The van der Waals surface area contributed by atoms with Gasteiger partial charge in [0.2, 0.25) is 0 Å². The fourth-order valence-electron chi connectivity index (χ4n) is 0.592. The molecule has 1 N–H and O–H groups in total. The standard InChI is InChI=1S/C7H8N2OS/c1-6(10)2-3-9-4-5-11-7(9)8/h2-5,8H,1H3. The number of ketones is 1. The first-order chi connectivity index (χ1) is 5.20. The Balaban J connectivity index is 2.88. The number of allylic oxidation sites excluding steroid dienone is 1. The van der Waals surface area contributed by atoms with Crippen molar-refractivity contribution in [3.05, 3.63) is 22.5 Å². The maximum Gasteiger partial charge on any atom is 0.185 e. The summed E-state index contributed by atoms with van der Waals surface area (Å²) in [5.74, 6) is -0.0110. The molecule has 0 fully saturated rings. The van der Waals surface area contributed by atoms with E-state index in [0.29, 0.717) is 4.80 Å². The van der Waals surface area contributed by atoms with Gasteiger partial charge in [0.25, 0.3) is 0 Å². The van der Waals surface area contributed by atoms with Crippen molar-refractivity contribution in [1.29, 1.82) is 5.41 Å². The number of hydrogen-bond donors (Lipinski definition) is 1. The second-order valence-electron chi connectivity index (χ2n) is 2.04. The first-order valence-electron chi connectivity index (χ1n) is 3.09. The molecule has 0 bridgehead atoms. The van der Waals surface area contributed by atoms with Gasteiger partial charge >= 0.3 is 0 Å². The predicted octanol–water partition coefficient (Wildman–Crippen LogP) is 1.09. The van der Waals surface area contributed by atoms with Crippen LogP contribution >= 0.6 is 11.3 Å². The number of nitrogens with one attached hydrogen (secondary N) is 1. The summed E-state index contributed by atoms with van der Waals surface area (Å²) < 4.78 is 1.59. The Morgan fingerprint density at radius 1 is 1.82 bits per heavy atom. The molecule has 0 aliphatic carbocycles. The highest BCUT2D eigenvalue weighted by molar-refractivity contribution is 7.07. The van der Waals surface area contributed by atoms with Crippen LogP contribution in [-0.4, -0.2) is 10.4 Å². The predicted molar refractivity (Wildman–Crippen MR) is 44.2 cm³/mol. The van der Waals surface area contributed by atoms with Gasteiger partial charge in [-0.1, -0.05) is 0 Å². The van der Waals surface area contributed by atoms with E-state index in [-0.39, 0.29) is 5.78 Å². The molecule has 1 heterocycles. The maximum atomic E-state index is 10.5. The molecule has 3 nitrogen and oxygen atoms in total. The van der Waals surface area contributed by atoms with Crippen LogP contribution in [0.15, 0.2) is 17.7 Å². The summed E-state index contributed by atoms with van der Waals surface area (Å²) in [6.07, 6.45) is 4.76. The number of carbonyl (C=O) groups is 1. The van der Waals surface area contributed by atoms with E-state index in [9.17, 15) is 4.79 Å². The average molecular weight is 168 g/mol. The van der Waals surface area contributed by atoms with Gasteiger partial charge < -0.3 is 0 Å². The fourth-order valence-corrected chi connectivity index (χ4v) is 1.16. The van der Waals surface area contributed by atoms with E-state index in [2.05, 4.69) is 0 Å². The molecular weight excluding hydrogens is 160 g/mol. The minimum absolute atomic E-state index is 0.0110. The first-order valence-corrected chi connectivity index (χ1v) is 3.97.